The number of benzene rings is 1. The number of hydrogen-bond donors (Lipinski definition) is 1. The van der Waals surface area contributed by atoms with Crippen molar-refractivity contribution >= 4 is 11.6 Å². The first-order valence-corrected chi connectivity index (χ1v) is 3.81. The van der Waals surface area contributed by atoms with Crippen LogP contribution in [-0.4, -0.2) is 17.3 Å². The average Bonchev–Trinajstić information content (AvgIpc) is 1.96. The van der Waals surface area contributed by atoms with E-state index in [1.54, 1.807) is 6.07 Å². The van der Waals surface area contributed by atoms with Crippen LogP contribution >= 0.6 is 11.6 Å². The fourth-order valence-electron chi connectivity index (χ4n) is 0.902. The molecule has 0 spiro atoms. The number of rotatable bonds is 2. The van der Waals surface area contributed by atoms with Gasteiger partial charge in [-0.15, -0.1) is 0 Å². The Morgan fingerprint density at radius 1 is 1.58 bits per heavy atom. The van der Waals surface area contributed by atoms with E-state index < -0.39 is 5.82 Å². The van der Waals surface area contributed by atoms with Crippen LogP contribution in [0.2, 0.25) is 5.02 Å². The van der Waals surface area contributed by atoms with E-state index in [9.17, 15) is 4.39 Å². The molecule has 4 heteroatoms. The highest BCUT2D eigenvalue weighted by Gasteiger charge is 2.01. The summed E-state index contributed by atoms with van der Waals surface area (Å²) in [6, 6.07) is 4.43. The molecule has 2 nitrogen and oxygen atoms in total. The van der Waals surface area contributed by atoms with E-state index in [-0.39, 0.29) is 11.6 Å². The first-order chi connectivity index (χ1) is 5.59. The fraction of sp³-hybridized carbons (Fsp3) is 0.250. The second-order valence-electron chi connectivity index (χ2n) is 2.56. The van der Waals surface area contributed by atoms with Gasteiger partial charge in [0.15, 0.2) is 0 Å². The fourth-order valence-corrected chi connectivity index (χ4v) is 1.02. The summed E-state index contributed by atoms with van der Waals surface area (Å²) in [4.78, 5) is 0. The Balaban J connectivity index is 2.82. The minimum atomic E-state index is -0.462. The lowest BCUT2D eigenvalue weighted by molar-refractivity contribution is -0.0731. The lowest BCUT2D eigenvalue weighted by Crippen LogP contribution is -2.11. The number of hydrogen-bond acceptors (Lipinski definition) is 2. The zero-order valence-corrected chi connectivity index (χ0v) is 7.35. The largest absolute Gasteiger partial charge is 0.314 e. The standard InChI is InChI=1S/C8H9ClFNO/c1-11(12)5-6-2-3-7(9)8(10)4-6/h2-4,12H,5H2,1H3. The Bertz CT molecular complexity index is 278. The Morgan fingerprint density at radius 3 is 2.75 bits per heavy atom. The van der Waals surface area contributed by atoms with E-state index in [0.717, 1.165) is 5.06 Å². The molecule has 0 bridgehead atoms. The highest BCUT2D eigenvalue weighted by Crippen LogP contribution is 2.15. The van der Waals surface area contributed by atoms with Gasteiger partial charge in [-0.3, -0.25) is 0 Å². The second-order valence-corrected chi connectivity index (χ2v) is 2.97. The molecule has 1 rings (SSSR count). The van der Waals surface area contributed by atoms with Crippen molar-refractivity contribution in [1.29, 1.82) is 0 Å². The first kappa shape index (κ1) is 9.45. The predicted octanol–water partition coefficient (Wildman–Crippen LogP) is 2.30. The summed E-state index contributed by atoms with van der Waals surface area (Å²) in [7, 11) is 1.49. The molecule has 0 aliphatic rings. The van der Waals surface area contributed by atoms with Crippen LogP contribution < -0.4 is 0 Å². The molecule has 0 heterocycles. The topological polar surface area (TPSA) is 23.5 Å². The van der Waals surface area contributed by atoms with Gasteiger partial charge in [-0.1, -0.05) is 17.7 Å². The van der Waals surface area contributed by atoms with Crippen molar-refractivity contribution in [2.45, 2.75) is 6.54 Å². The Morgan fingerprint density at radius 2 is 2.25 bits per heavy atom. The van der Waals surface area contributed by atoms with Gasteiger partial charge < -0.3 is 5.21 Å². The third-order valence-electron chi connectivity index (χ3n) is 1.40. The first-order valence-electron chi connectivity index (χ1n) is 3.43. The van der Waals surface area contributed by atoms with Crippen LogP contribution in [0.1, 0.15) is 5.56 Å². The summed E-state index contributed by atoms with van der Waals surface area (Å²) in [5.74, 6) is -0.462. The van der Waals surface area contributed by atoms with Crippen molar-refractivity contribution in [3.05, 3.63) is 34.6 Å². The van der Waals surface area contributed by atoms with E-state index in [1.165, 1.54) is 19.2 Å². The van der Waals surface area contributed by atoms with E-state index in [4.69, 9.17) is 16.8 Å². The van der Waals surface area contributed by atoms with Crippen molar-refractivity contribution < 1.29 is 9.60 Å². The van der Waals surface area contributed by atoms with Gasteiger partial charge in [0.1, 0.15) is 5.82 Å². The summed E-state index contributed by atoms with van der Waals surface area (Å²) in [5.41, 5.74) is 0.682. The van der Waals surface area contributed by atoms with Crippen LogP contribution in [0.15, 0.2) is 18.2 Å². The van der Waals surface area contributed by atoms with Crippen molar-refractivity contribution in [3.8, 4) is 0 Å². The number of nitrogens with zero attached hydrogens (tertiary/aromatic N) is 1. The van der Waals surface area contributed by atoms with E-state index >= 15 is 0 Å². The average molecular weight is 190 g/mol. The molecular weight excluding hydrogens is 181 g/mol. The second kappa shape index (κ2) is 3.85. The summed E-state index contributed by atoms with van der Waals surface area (Å²) in [6.45, 7) is 0.286. The normalized spacial score (nSPS) is 10.8. The van der Waals surface area contributed by atoms with Gasteiger partial charge in [0.25, 0.3) is 0 Å². The molecule has 0 aliphatic heterocycles. The molecule has 1 N–H and O–H groups in total. The third kappa shape index (κ3) is 2.44. The van der Waals surface area contributed by atoms with Gasteiger partial charge >= 0.3 is 0 Å². The number of halogens is 2. The van der Waals surface area contributed by atoms with Gasteiger partial charge in [0, 0.05) is 13.6 Å². The SMILES string of the molecule is CN(O)Cc1ccc(Cl)c(F)c1. The molecule has 1 aromatic carbocycles. The molecule has 0 amide bonds. The molecule has 12 heavy (non-hydrogen) atoms. The Hall–Kier alpha value is -0.640. The molecule has 0 fully saturated rings. The molecule has 0 radical (unpaired) electrons. The number of hydroxylamine groups is 2. The van der Waals surface area contributed by atoms with Gasteiger partial charge in [-0.05, 0) is 17.7 Å². The van der Waals surface area contributed by atoms with Crippen LogP contribution in [0.3, 0.4) is 0 Å². The lowest BCUT2D eigenvalue weighted by Gasteiger charge is -2.07. The van der Waals surface area contributed by atoms with Gasteiger partial charge in [0.05, 0.1) is 5.02 Å². The van der Waals surface area contributed by atoms with Crippen LogP contribution in [0, 0.1) is 5.82 Å². The quantitative estimate of drug-likeness (QED) is 0.722. The van der Waals surface area contributed by atoms with Crippen LogP contribution in [0.5, 0.6) is 0 Å². The van der Waals surface area contributed by atoms with Gasteiger partial charge in [0.2, 0.25) is 0 Å². The molecule has 0 aliphatic carbocycles. The summed E-state index contributed by atoms with van der Waals surface area (Å²) >= 11 is 5.47. The molecule has 0 atom stereocenters. The Kier molecular flexibility index (Phi) is 3.03. The highest BCUT2D eigenvalue weighted by molar-refractivity contribution is 6.30. The molecule has 66 valence electrons. The van der Waals surface area contributed by atoms with Crippen molar-refractivity contribution in [2.24, 2.45) is 0 Å². The van der Waals surface area contributed by atoms with Crippen LogP contribution in [-0.2, 0) is 6.54 Å². The zero-order chi connectivity index (χ0) is 9.14. The van der Waals surface area contributed by atoms with E-state index in [2.05, 4.69) is 0 Å². The lowest BCUT2D eigenvalue weighted by atomic mass is 10.2. The molecule has 0 saturated heterocycles. The maximum absolute atomic E-state index is 12.8. The summed E-state index contributed by atoms with van der Waals surface area (Å²) < 4.78 is 12.8. The third-order valence-corrected chi connectivity index (χ3v) is 1.70. The molecular formula is C8H9ClFNO. The highest BCUT2D eigenvalue weighted by atomic mass is 35.5. The van der Waals surface area contributed by atoms with Crippen LogP contribution in [0.25, 0.3) is 0 Å². The van der Waals surface area contributed by atoms with E-state index in [0.29, 0.717) is 5.56 Å². The minimum Gasteiger partial charge on any atom is -0.314 e. The van der Waals surface area contributed by atoms with Gasteiger partial charge in [-0.2, -0.15) is 5.06 Å². The summed E-state index contributed by atoms with van der Waals surface area (Å²) in [6.07, 6.45) is 0. The van der Waals surface area contributed by atoms with E-state index in [1.807, 2.05) is 0 Å². The molecule has 0 saturated carbocycles. The van der Waals surface area contributed by atoms with Crippen molar-refractivity contribution in [1.82, 2.24) is 5.06 Å². The van der Waals surface area contributed by atoms with Crippen molar-refractivity contribution in [2.75, 3.05) is 7.05 Å². The monoisotopic (exact) mass is 189 g/mol. The maximum Gasteiger partial charge on any atom is 0.142 e. The van der Waals surface area contributed by atoms with Crippen LogP contribution in [0.4, 0.5) is 4.39 Å². The summed E-state index contributed by atoms with van der Waals surface area (Å²) in [5, 5.41) is 9.92. The molecule has 0 unspecified atom stereocenters. The molecule has 1 aromatic rings. The van der Waals surface area contributed by atoms with Crippen molar-refractivity contribution in [3.63, 3.8) is 0 Å². The minimum absolute atomic E-state index is 0.0966. The smallest absolute Gasteiger partial charge is 0.142 e. The predicted molar refractivity (Wildman–Crippen MR) is 44.7 cm³/mol. The van der Waals surface area contributed by atoms with Gasteiger partial charge in [-0.25, -0.2) is 4.39 Å². The maximum atomic E-state index is 12.8. The molecule has 0 aromatic heterocycles. The Labute approximate surface area is 75.1 Å². The zero-order valence-electron chi connectivity index (χ0n) is 6.59.